The quantitative estimate of drug-likeness (QED) is 0.309. The lowest BCUT2D eigenvalue weighted by Gasteiger charge is -2.15. The van der Waals surface area contributed by atoms with Gasteiger partial charge in [-0.25, -0.2) is 0 Å². The summed E-state index contributed by atoms with van der Waals surface area (Å²) in [5.74, 6) is -0.553. The van der Waals surface area contributed by atoms with Crippen molar-refractivity contribution in [2.24, 2.45) is 0 Å². The van der Waals surface area contributed by atoms with Crippen LogP contribution in [0.5, 0.6) is 0 Å². The summed E-state index contributed by atoms with van der Waals surface area (Å²) >= 11 is 0. The Morgan fingerprint density at radius 1 is 0.778 bits per heavy atom. The third-order valence-corrected chi connectivity index (χ3v) is 3.09. The topological polar surface area (TPSA) is 89.5 Å². The van der Waals surface area contributed by atoms with Gasteiger partial charge in [-0.05, 0) is 20.3 Å². The maximum absolute atomic E-state index is 10.4. The van der Waals surface area contributed by atoms with E-state index in [-0.39, 0.29) is 24.1 Å². The lowest BCUT2D eigenvalue weighted by molar-refractivity contribution is -0.145. The first-order valence-corrected chi connectivity index (χ1v) is 9.40. The maximum atomic E-state index is 10.4. The number of esters is 2. The van der Waals surface area contributed by atoms with E-state index in [1.165, 1.54) is 13.8 Å². The van der Waals surface area contributed by atoms with E-state index < -0.39 is 0 Å². The first-order valence-electron chi connectivity index (χ1n) is 9.40. The van der Waals surface area contributed by atoms with Gasteiger partial charge in [-0.2, -0.15) is 0 Å². The molecule has 27 heavy (non-hydrogen) atoms. The van der Waals surface area contributed by atoms with E-state index in [4.69, 9.17) is 23.7 Å². The van der Waals surface area contributed by atoms with Gasteiger partial charge >= 0.3 is 11.9 Å². The van der Waals surface area contributed by atoms with Gasteiger partial charge in [-0.1, -0.05) is 13.3 Å². The van der Waals surface area contributed by atoms with Crippen LogP contribution in [0.4, 0.5) is 0 Å². The Hall–Kier alpha value is -1.22. The molecule has 0 bridgehead atoms. The van der Waals surface area contributed by atoms with Crippen molar-refractivity contribution in [3.05, 3.63) is 0 Å². The fourth-order valence-electron chi connectivity index (χ4n) is 1.46. The molecule has 0 aromatic rings. The van der Waals surface area contributed by atoms with Gasteiger partial charge in [-0.15, -0.1) is 0 Å². The molecular weight excluding hydrogens is 356 g/mol. The SMILES string of the molecule is CCCCOCCOCCOC(C)=O.COC(C)COC(C)COC(C)=O. The standard InChI is InChI=1S/C10H20O4.C9H18O4/c1-3-4-5-12-6-7-13-8-9-14-10(2)11;1-7(11-4)5-12-8(2)6-13-9(3)10/h3-9H2,1-2H3;7-8H,5-6H2,1-4H3. The first kappa shape index (κ1) is 28.0. The van der Waals surface area contributed by atoms with E-state index in [2.05, 4.69) is 11.7 Å². The summed E-state index contributed by atoms with van der Waals surface area (Å²) < 4.78 is 30.2. The van der Waals surface area contributed by atoms with E-state index in [0.717, 1.165) is 19.4 Å². The van der Waals surface area contributed by atoms with Crippen LogP contribution < -0.4 is 0 Å². The van der Waals surface area contributed by atoms with Crippen LogP contribution in [0, 0.1) is 0 Å². The van der Waals surface area contributed by atoms with Crippen LogP contribution in [0.2, 0.25) is 0 Å². The number of methoxy groups -OCH3 is 1. The largest absolute Gasteiger partial charge is 0.463 e. The molecule has 0 radical (unpaired) electrons. The highest BCUT2D eigenvalue weighted by Gasteiger charge is 2.06. The molecule has 0 rings (SSSR count). The van der Waals surface area contributed by atoms with Crippen molar-refractivity contribution < 1.29 is 38.0 Å². The summed E-state index contributed by atoms with van der Waals surface area (Å²) in [7, 11) is 1.63. The highest BCUT2D eigenvalue weighted by atomic mass is 16.6. The smallest absolute Gasteiger partial charge is 0.302 e. The Labute approximate surface area is 163 Å². The lowest BCUT2D eigenvalue weighted by atomic mass is 10.4. The summed E-state index contributed by atoms with van der Waals surface area (Å²) in [5, 5.41) is 0. The van der Waals surface area contributed by atoms with E-state index in [1.807, 2.05) is 13.8 Å². The Kier molecular flexibility index (Phi) is 21.9. The average Bonchev–Trinajstić information content (AvgIpc) is 2.63. The van der Waals surface area contributed by atoms with Crippen LogP contribution >= 0.6 is 0 Å². The van der Waals surface area contributed by atoms with Crippen LogP contribution in [0.25, 0.3) is 0 Å². The highest BCUT2D eigenvalue weighted by molar-refractivity contribution is 5.66. The molecule has 8 heteroatoms. The number of carbonyl (C=O) groups is 2. The minimum absolute atomic E-state index is 0.0692. The monoisotopic (exact) mass is 394 g/mol. The molecule has 0 aliphatic carbocycles. The minimum atomic E-state index is -0.282. The second-order valence-electron chi connectivity index (χ2n) is 5.91. The minimum Gasteiger partial charge on any atom is -0.463 e. The van der Waals surface area contributed by atoms with E-state index in [9.17, 15) is 9.59 Å². The summed E-state index contributed by atoms with van der Waals surface area (Å²) in [5.41, 5.74) is 0. The normalized spacial score (nSPS) is 12.5. The van der Waals surface area contributed by atoms with E-state index >= 15 is 0 Å². The van der Waals surface area contributed by atoms with Crippen molar-refractivity contribution in [1.29, 1.82) is 0 Å². The number of hydrogen-bond donors (Lipinski definition) is 0. The van der Waals surface area contributed by atoms with Gasteiger partial charge in [0.25, 0.3) is 0 Å². The first-order chi connectivity index (χ1) is 12.8. The molecule has 2 atom stereocenters. The maximum Gasteiger partial charge on any atom is 0.302 e. The third-order valence-electron chi connectivity index (χ3n) is 3.09. The summed E-state index contributed by atoms with van der Waals surface area (Å²) in [6, 6.07) is 0. The van der Waals surface area contributed by atoms with Crippen LogP contribution in [-0.4, -0.2) is 77.5 Å². The molecule has 0 saturated carbocycles. The molecule has 2 unspecified atom stereocenters. The summed E-state index contributed by atoms with van der Waals surface area (Å²) in [6.45, 7) is 12.2. The Balaban J connectivity index is 0. The van der Waals surface area contributed by atoms with Crippen molar-refractivity contribution in [2.75, 3.05) is 53.4 Å². The van der Waals surface area contributed by atoms with Crippen molar-refractivity contribution >= 4 is 11.9 Å². The number of unbranched alkanes of at least 4 members (excludes halogenated alkanes) is 1. The fraction of sp³-hybridized carbons (Fsp3) is 0.895. The molecule has 0 aromatic carbocycles. The zero-order valence-electron chi connectivity index (χ0n) is 17.8. The number of carbonyl (C=O) groups excluding carboxylic acids is 2. The number of ether oxygens (including phenoxy) is 6. The second-order valence-corrected chi connectivity index (χ2v) is 5.91. The highest BCUT2D eigenvalue weighted by Crippen LogP contribution is 1.96. The molecule has 0 aliphatic heterocycles. The third kappa shape index (κ3) is 27.1. The summed E-state index contributed by atoms with van der Waals surface area (Å²) in [4.78, 5) is 20.8. The van der Waals surface area contributed by atoms with Crippen molar-refractivity contribution in [3.63, 3.8) is 0 Å². The average molecular weight is 395 g/mol. The molecular formula is C19H38O8. The van der Waals surface area contributed by atoms with Crippen molar-refractivity contribution in [3.8, 4) is 0 Å². The van der Waals surface area contributed by atoms with Crippen LogP contribution in [0.15, 0.2) is 0 Å². The van der Waals surface area contributed by atoms with Gasteiger partial charge in [0, 0.05) is 27.6 Å². The molecule has 0 aromatic heterocycles. The zero-order valence-corrected chi connectivity index (χ0v) is 17.8. The van der Waals surface area contributed by atoms with Gasteiger partial charge < -0.3 is 28.4 Å². The molecule has 0 spiro atoms. The second kappa shape index (κ2) is 21.1. The number of hydrogen-bond acceptors (Lipinski definition) is 8. The summed E-state index contributed by atoms with van der Waals surface area (Å²) in [6.07, 6.45) is 2.22. The molecule has 0 heterocycles. The van der Waals surface area contributed by atoms with Crippen molar-refractivity contribution in [1.82, 2.24) is 0 Å². The van der Waals surface area contributed by atoms with Gasteiger partial charge in [0.15, 0.2) is 0 Å². The van der Waals surface area contributed by atoms with Crippen LogP contribution in [-0.2, 0) is 38.0 Å². The molecule has 0 aliphatic rings. The fourth-order valence-corrected chi connectivity index (χ4v) is 1.46. The molecule has 0 fully saturated rings. The molecule has 0 saturated heterocycles. The molecule has 162 valence electrons. The molecule has 0 N–H and O–H groups in total. The van der Waals surface area contributed by atoms with Gasteiger partial charge in [0.1, 0.15) is 13.2 Å². The molecule has 8 nitrogen and oxygen atoms in total. The lowest BCUT2D eigenvalue weighted by Crippen LogP contribution is -2.23. The predicted octanol–water partition coefficient (Wildman–Crippen LogP) is 2.37. The zero-order chi connectivity index (χ0) is 20.9. The Morgan fingerprint density at radius 3 is 1.85 bits per heavy atom. The Bertz CT molecular complexity index is 349. The van der Waals surface area contributed by atoms with E-state index in [0.29, 0.717) is 39.6 Å². The van der Waals surface area contributed by atoms with Crippen LogP contribution in [0.1, 0.15) is 47.5 Å². The van der Waals surface area contributed by atoms with Gasteiger partial charge in [0.05, 0.1) is 38.6 Å². The number of rotatable bonds is 15. The van der Waals surface area contributed by atoms with Gasteiger partial charge in [0.2, 0.25) is 0 Å². The predicted molar refractivity (Wildman–Crippen MR) is 102 cm³/mol. The molecule has 0 amide bonds. The van der Waals surface area contributed by atoms with Crippen LogP contribution in [0.3, 0.4) is 0 Å². The van der Waals surface area contributed by atoms with E-state index in [1.54, 1.807) is 7.11 Å². The van der Waals surface area contributed by atoms with Gasteiger partial charge in [-0.3, -0.25) is 9.59 Å². The van der Waals surface area contributed by atoms with Crippen molar-refractivity contribution in [2.45, 2.75) is 59.7 Å². The Morgan fingerprint density at radius 2 is 1.33 bits per heavy atom.